The highest BCUT2D eigenvalue weighted by Crippen LogP contribution is 2.33. The van der Waals surface area contributed by atoms with Gasteiger partial charge in [-0.3, -0.25) is 0 Å². The number of imidazole rings is 1. The van der Waals surface area contributed by atoms with Crippen LogP contribution in [0.25, 0.3) is 10.9 Å². The van der Waals surface area contributed by atoms with Gasteiger partial charge in [0.15, 0.2) is 5.03 Å². The van der Waals surface area contributed by atoms with Crippen LogP contribution in [0.2, 0.25) is 0 Å². The first-order chi connectivity index (χ1) is 12.3. The third-order valence-electron chi connectivity index (χ3n) is 5.26. The van der Waals surface area contributed by atoms with Crippen molar-refractivity contribution in [3.05, 3.63) is 47.0 Å². The molecule has 1 aliphatic heterocycles. The molecule has 0 unspecified atom stereocenters. The fourth-order valence-electron chi connectivity index (χ4n) is 3.81. The number of nitrogens with zero attached hydrogens (tertiary/aromatic N) is 4. The Balaban J connectivity index is 2.05. The monoisotopic (exact) mass is 372 g/mol. The lowest BCUT2D eigenvalue weighted by Crippen LogP contribution is -2.17. The van der Waals surface area contributed by atoms with Gasteiger partial charge in [0.1, 0.15) is 5.82 Å². The third-order valence-corrected chi connectivity index (χ3v) is 6.89. The van der Waals surface area contributed by atoms with Crippen LogP contribution in [-0.4, -0.2) is 40.4 Å². The van der Waals surface area contributed by atoms with Gasteiger partial charge in [0, 0.05) is 30.9 Å². The molecule has 0 fully saturated rings. The number of hydrogen-bond donors (Lipinski definition) is 0. The molecule has 6 nitrogen and oxygen atoms in total. The van der Waals surface area contributed by atoms with E-state index in [2.05, 4.69) is 23.0 Å². The lowest BCUT2D eigenvalue weighted by atomic mass is 10.1. The van der Waals surface area contributed by atoms with E-state index < -0.39 is 10.0 Å². The van der Waals surface area contributed by atoms with Crippen LogP contribution >= 0.6 is 0 Å². The zero-order valence-corrected chi connectivity index (χ0v) is 16.5. The minimum atomic E-state index is -3.75. The van der Waals surface area contributed by atoms with Crippen molar-refractivity contribution >= 4 is 20.9 Å². The predicted octanol–water partition coefficient (Wildman–Crippen LogP) is 2.61. The summed E-state index contributed by atoms with van der Waals surface area (Å²) in [6.07, 6.45) is 3.29. The van der Waals surface area contributed by atoms with Crippen molar-refractivity contribution in [1.82, 2.24) is 18.4 Å². The third kappa shape index (κ3) is 2.57. The first kappa shape index (κ1) is 17.3. The Labute approximate surface area is 154 Å². The van der Waals surface area contributed by atoms with Crippen LogP contribution in [0, 0.1) is 13.8 Å². The number of fused-ring (bicyclic) bond motifs is 3. The van der Waals surface area contributed by atoms with Gasteiger partial charge in [-0.1, -0.05) is 11.6 Å². The molecule has 0 aliphatic carbocycles. The molecule has 26 heavy (non-hydrogen) atoms. The Morgan fingerprint density at radius 1 is 1.15 bits per heavy atom. The molecule has 1 aliphatic rings. The molecule has 0 saturated heterocycles. The molecule has 3 heterocycles. The average Bonchev–Trinajstić information content (AvgIpc) is 2.99. The van der Waals surface area contributed by atoms with Gasteiger partial charge < -0.3 is 9.47 Å². The molecule has 7 heteroatoms. The van der Waals surface area contributed by atoms with Gasteiger partial charge in [0.05, 0.1) is 5.52 Å². The first-order valence-corrected chi connectivity index (χ1v) is 10.3. The Hall–Kier alpha value is -2.12. The van der Waals surface area contributed by atoms with Gasteiger partial charge in [-0.2, -0.15) is 8.42 Å². The van der Waals surface area contributed by atoms with Crippen LogP contribution in [0.1, 0.15) is 29.1 Å². The fraction of sp³-hybridized carbons (Fsp3) is 0.421. The minimum absolute atomic E-state index is 0.107. The molecule has 0 atom stereocenters. The van der Waals surface area contributed by atoms with E-state index in [0.29, 0.717) is 5.82 Å². The molecular formula is C19H24N4O2S. The summed E-state index contributed by atoms with van der Waals surface area (Å²) in [5.74, 6) is 0.682. The van der Waals surface area contributed by atoms with E-state index in [1.807, 2.05) is 33.0 Å². The smallest absolute Gasteiger partial charge is 0.287 e. The molecular weight excluding hydrogens is 348 g/mol. The van der Waals surface area contributed by atoms with Crippen molar-refractivity contribution in [3.8, 4) is 0 Å². The van der Waals surface area contributed by atoms with E-state index in [-0.39, 0.29) is 5.03 Å². The second kappa shape index (κ2) is 5.96. The molecule has 0 N–H and O–H groups in total. The van der Waals surface area contributed by atoms with Crippen molar-refractivity contribution in [3.63, 3.8) is 0 Å². The summed E-state index contributed by atoms with van der Waals surface area (Å²) in [5, 5.41) is 1.14. The summed E-state index contributed by atoms with van der Waals surface area (Å²) in [4.78, 5) is 6.55. The van der Waals surface area contributed by atoms with Crippen LogP contribution < -0.4 is 0 Å². The van der Waals surface area contributed by atoms with Gasteiger partial charge in [-0.15, -0.1) is 0 Å². The Morgan fingerprint density at radius 2 is 1.92 bits per heavy atom. The largest absolute Gasteiger partial charge is 0.337 e. The molecule has 1 aromatic carbocycles. The van der Waals surface area contributed by atoms with Crippen LogP contribution in [0.3, 0.4) is 0 Å². The maximum atomic E-state index is 13.5. The molecule has 3 aromatic rings. The minimum Gasteiger partial charge on any atom is -0.337 e. The molecule has 0 saturated carbocycles. The Morgan fingerprint density at radius 3 is 2.62 bits per heavy atom. The number of benzene rings is 1. The summed E-state index contributed by atoms with van der Waals surface area (Å²) < 4.78 is 30.3. The SMILES string of the molecule is Cc1ccc2c(c1)c1c(n2S(=O)(=O)c2cn(C)c(C)n2)CCCN(C)C1. The summed E-state index contributed by atoms with van der Waals surface area (Å²) in [5.41, 5.74) is 3.91. The normalized spacial score (nSPS) is 16.0. The molecule has 138 valence electrons. The lowest BCUT2D eigenvalue weighted by molar-refractivity contribution is 0.333. The van der Waals surface area contributed by atoms with E-state index in [1.165, 1.54) is 3.97 Å². The first-order valence-electron chi connectivity index (χ1n) is 8.86. The zero-order chi connectivity index (χ0) is 18.6. The second-order valence-corrected chi connectivity index (χ2v) is 9.03. The van der Waals surface area contributed by atoms with Gasteiger partial charge in [0.25, 0.3) is 10.0 Å². The lowest BCUT2D eigenvalue weighted by Gasteiger charge is -2.12. The zero-order valence-electron chi connectivity index (χ0n) is 15.7. The topological polar surface area (TPSA) is 60.1 Å². The molecule has 0 bridgehead atoms. The van der Waals surface area contributed by atoms with Crippen LogP contribution in [0.4, 0.5) is 0 Å². The highest BCUT2D eigenvalue weighted by molar-refractivity contribution is 7.90. The van der Waals surface area contributed by atoms with Crippen molar-refractivity contribution in [2.45, 2.75) is 38.3 Å². The van der Waals surface area contributed by atoms with E-state index in [0.717, 1.165) is 53.7 Å². The number of rotatable bonds is 2. The summed E-state index contributed by atoms with van der Waals surface area (Å²) in [6, 6.07) is 6.00. The maximum Gasteiger partial charge on any atom is 0.287 e. The average molecular weight is 372 g/mol. The quantitative estimate of drug-likeness (QED) is 0.694. The maximum absolute atomic E-state index is 13.5. The standard InChI is InChI=1S/C19H24N4O2S/c1-13-7-8-18-15(10-13)16-11-21(3)9-5-6-17(16)23(18)26(24,25)19-12-22(4)14(2)20-19/h7-8,10,12H,5-6,9,11H2,1-4H3. The van der Waals surface area contributed by atoms with E-state index in [4.69, 9.17) is 0 Å². The van der Waals surface area contributed by atoms with E-state index >= 15 is 0 Å². The summed E-state index contributed by atoms with van der Waals surface area (Å²) >= 11 is 0. The fourth-order valence-corrected chi connectivity index (χ4v) is 5.44. The molecule has 0 amide bonds. The number of aryl methyl sites for hydroxylation is 3. The Kier molecular flexibility index (Phi) is 3.96. The van der Waals surface area contributed by atoms with Crippen molar-refractivity contribution in [1.29, 1.82) is 0 Å². The summed E-state index contributed by atoms with van der Waals surface area (Å²) in [6.45, 7) is 5.58. The van der Waals surface area contributed by atoms with Gasteiger partial charge in [0.2, 0.25) is 0 Å². The van der Waals surface area contributed by atoms with E-state index in [1.54, 1.807) is 10.8 Å². The van der Waals surface area contributed by atoms with Crippen molar-refractivity contribution < 1.29 is 8.42 Å². The van der Waals surface area contributed by atoms with E-state index in [9.17, 15) is 8.42 Å². The number of aromatic nitrogens is 3. The second-order valence-electron chi connectivity index (χ2n) is 7.29. The molecule has 0 spiro atoms. The van der Waals surface area contributed by atoms with Gasteiger partial charge in [-0.05, 0) is 58.0 Å². The number of hydrogen-bond acceptors (Lipinski definition) is 4. The predicted molar refractivity (Wildman–Crippen MR) is 102 cm³/mol. The van der Waals surface area contributed by atoms with Crippen molar-refractivity contribution in [2.24, 2.45) is 7.05 Å². The summed E-state index contributed by atoms with van der Waals surface area (Å²) in [7, 11) is 0.156. The Bertz CT molecular complexity index is 1090. The molecule has 4 rings (SSSR count). The molecule has 0 radical (unpaired) electrons. The van der Waals surface area contributed by atoms with Gasteiger partial charge in [-0.25, -0.2) is 8.96 Å². The van der Waals surface area contributed by atoms with Crippen LogP contribution in [0.5, 0.6) is 0 Å². The molecule has 2 aromatic heterocycles. The van der Waals surface area contributed by atoms with Crippen LogP contribution in [-0.2, 0) is 30.0 Å². The van der Waals surface area contributed by atoms with Crippen molar-refractivity contribution in [2.75, 3.05) is 13.6 Å². The highest BCUT2D eigenvalue weighted by atomic mass is 32.2. The van der Waals surface area contributed by atoms with Gasteiger partial charge >= 0.3 is 0 Å². The highest BCUT2D eigenvalue weighted by Gasteiger charge is 2.30. The van der Waals surface area contributed by atoms with Crippen LogP contribution in [0.15, 0.2) is 29.4 Å².